The van der Waals surface area contributed by atoms with Crippen LogP contribution in [0.5, 0.6) is 0 Å². The molecule has 1 aliphatic rings. The second-order valence-electron chi connectivity index (χ2n) is 4.18. The third-order valence-electron chi connectivity index (χ3n) is 3.15. The molecule has 0 bridgehead atoms. The standard InChI is InChI=1S/C12H13F2NO2/c13-11(14)8-3-1-7(2-4-8)9-5-15-6-10(9)12(16)17/h1-4,9-11,15H,5-6H2,(H,16,17). The van der Waals surface area contributed by atoms with E-state index in [-0.39, 0.29) is 11.5 Å². The molecule has 92 valence electrons. The van der Waals surface area contributed by atoms with Gasteiger partial charge in [0.25, 0.3) is 6.43 Å². The van der Waals surface area contributed by atoms with Crippen molar-refractivity contribution in [1.29, 1.82) is 0 Å². The third kappa shape index (κ3) is 2.44. The molecule has 3 nitrogen and oxygen atoms in total. The van der Waals surface area contributed by atoms with Crippen molar-refractivity contribution in [3.63, 3.8) is 0 Å². The van der Waals surface area contributed by atoms with Gasteiger partial charge in [-0.25, -0.2) is 8.78 Å². The maximum absolute atomic E-state index is 12.4. The van der Waals surface area contributed by atoms with E-state index in [0.717, 1.165) is 5.56 Å². The van der Waals surface area contributed by atoms with E-state index in [2.05, 4.69) is 5.32 Å². The quantitative estimate of drug-likeness (QED) is 0.851. The molecule has 0 aliphatic carbocycles. The number of carboxylic acid groups (broad SMARTS) is 1. The molecule has 0 amide bonds. The number of hydrogen-bond acceptors (Lipinski definition) is 2. The van der Waals surface area contributed by atoms with Gasteiger partial charge in [0, 0.05) is 24.6 Å². The van der Waals surface area contributed by atoms with Crippen LogP contribution in [-0.2, 0) is 4.79 Å². The van der Waals surface area contributed by atoms with Crippen molar-refractivity contribution in [1.82, 2.24) is 5.32 Å². The van der Waals surface area contributed by atoms with Gasteiger partial charge in [-0.15, -0.1) is 0 Å². The van der Waals surface area contributed by atoms with Crippen LogP contribution in [0.1, 0.15) is 23.5 Å². The number of nitrogens with one attached hydrogen (secondary N) is 1. The highest BCUT2D eigenvalue weighted by Crippen LogP contribution is 2.29. The van der Waals surface area contributed by atoms with Gasteiger partial charge in [0.1, 0.15) is 0 Å². The van der Waals surface area contributed by atoms with Crippen LogP contribution in [0.15, 0.2) is 24.3 Å². The van der Waals surface area contributed by atoms with E-state index in [4.69, 9.17) is 5.11 Å². The molecule has 2 atom stereocenters. The summed E-state index contributed by atoms with van der Waals surface area (Å²) in [6.45, 7) is 1.00. The number of carboxylic acids is 1. The molecule has 1 heterocycles. The highest BCUT2D eigenvalue weighted by Gasteiger charge is 2.33. The van der Waals surface area contributed by atoms with Crippen LogP contribution in [0.2, 0.25) is 0 Å². The van der Waals surface area contributed by atoms with Gasteiger partial charge in [-0.3, -0.25) is 4.79 Å². The lowest BCUT2D eigenvalue weighted by Crippen LogP contribution is -2.20. The molecule has 2 N–H and O–H groups in total. The summed E-state index contributed by atoms with van der Waals surface area (Å²) >= 11 is 0. The van der Waals surface area contributed by atoms with Gasteiger partial charge >= 0.3 is 5.97 Å². The van der Waals surface area contributed by atoms with Gasteiger partial charge in [0.05, 0.1) is 5.92 Å². The molecule has 0 aromatic heterocycles. The maximum atomic E-state index is 12.4. The zero-order valence-electron chi connectivity index (χ0n) is 9.07. The Balaban J connectivity index is 2.19. The van der Waals surface area contributed by atoms with E-state index in [1.807, 2.05) is 0 Å². The smallest absolute Gasteiger partial charge is 0.308 e. The number of benzene rings is 1. The lowest BCUT2D eigenvalue weighted by molar-refractivity contribution is -0.141. The largest absolute Gasteiger partial charge is 0.481 e. The molecule has 2 unspecified atom stereocenters. The van der Waals surface area contributed by atoms with Crippen molar-refractivity contribution < 1.29 is 18.7 Å². The zero-order valence-corrected chi connectivity index (χ0v) is 9.07. The molecule has 0 spiro atoms. The zero-order chi connectivity index (χ0) is 12.4. The number of aliphatic carboxylic acids is 1. The minimum Gasteiger partial charge on any atom is -0.481 e. The van der Waals surface area contributed by atoms with E-state index >= 15 is 0 Å². The predicted octanol–water partition coefficient (Wildman–Crippen LogP) is 2.01. The molecule has 1 aromatic carbocycles. The summed E-state index contributed by atoms with van der Waals surface area (Å²) in [6.07, 6.45) is -2.49. The minimum atomic E-state index is -2.49. The molecule has 5 heteroatoms. The fraction of sp³-hybridized carbons (Fsp3) is 0.417. The maximum Gasteiger partial charge on any atom is 0.308 e. The second kappa shape index (κ2) is 4.79. The van der Waals surface area contributed by atoms with Gasteiger partial charge in [-0.05, 0) is 5.56 Å². The van der Waals surface area contributed by atoms with Gasteiger partial charge in [0.2, 0.25) is 0 Å². The average Bonchev–Trinajstić information content (AvgIpc) is 2.78. The van der Waals surface area contributed by atoms with Gasteiger partial charge in [-0.1, -0.05) is 24.3 Å². The van der Waals surface area contributed by atoms with Gasteiger partial charge < -0.3 is 10.4 Å². The first-order chi connectivity index (χ1) is 8.09. The van der Waals surface area contributed by atoms with Crippen molar-refractivity contribution in [2.24, 2.45) is 5.92 Å². The van der Waals surface area contributed by atoms with Gasteiger partial charge in [0.15, 0.2) is 0 Å². The molecule has 1 aromatic rings. The molecule has 0 radical (unpaired) electrons. The molecule has 1 aliphatic heterocycles. The molecule has 2 rings (SSSR count). The average molecular weight is 241 g/mol. The Kier molecular flexibility index (Phi) is 3.38. The summed E-state index contributed by atoms with van der Waals surface area (Å²) in [5.74, 6) is -1.47. The Labute approximate surface area is 97.5 Å². The Hall–Kier alpha value is -1.49. The van der Waals surface area contributed by atoms with Gasteiger partial charge in [-0.2, -0.15) is 0 Å². The fourth-order valence-corrected chi connectivity index (χ4v) is 2.18. The van der Waals surface area contributed by atoms with E-state index in [1.165, 1.54) is 12.1 Å². The Morgan fingerprint density at radius 2 is 1.94 bits per heavy atom. The first-order valence-electron chi connectivity index (χ1n) is 5.41. The summed E-state index contributed by atoms with van der Waals surface area (Å²) in [7, 11) is 0. The van der Waals surface area contributed by atoms with Crippen molar-refractivity contribution in [3.05, 3.63) is 35.4 Å². The summed E-state index contributed by atoms with van der Waals surface area (Å²) in [4.78, 5) is 11.0. The Morgan fingerprint density at radius 3 is 2.47 bits per heavy atom. The molecule has 1 fully saturated rings. The van der Waals surface area contributed by atoms with Crippen LogP contribution >= 0.6 is 0 Å². The van der Waals surface area contributed by atoms with E-state index in [1.54, 1.807) is 12.1 Å². The molecular weight excluding hydrogens is 228 g/mol. The predicted molar refractivity (Wildman–Crippen MR) is 58.1 cm³/mol. The lowest BCUT2D eigenvalue weighted by Gasteiger charge is -2.15. The summed E-state index contributed by atoms with van der Waals surface area (Å²) < 4.78 is 24.7. The van der Waals surface area contributed by atoms with Crippen LogP contribution in [0, 0.1) is 5.92 Å². The van der Waals surface area contributed by atoms with Crippen LogP contribution in [-0.4, -0.2) is 24.2 Å². The van der Waals surface area contributed by atoms with Crippen molar-refractivity contribution in [2.75, 3.05) is 13.1 Å². The SMILES string of the molecule is O=C(O)C1CNCC1c1ccc(C(F)F)cc1. The number of halogens is 2. The summed E-state index contributed by atoms with van der Waals surface area (Å²) in [5, 5.41) is 12.0. The number of rotatable bonds is 3. The first-order valence-corrected chi connectivity index (χ1v) is 5.41. The Bertz CT molecular complexity index is 405. The number of carbonyl (C=O) groups is 1. The monoisotopic (exact) mass is 241 g/mol. The normalized spacial score (nSPS) is 24.2. The van der Waals surface area contributed by atoms with Crippen LogP contribution in [0.25, 0.3) is 0 Å². The molecule has 17 heavy (non-hydrogen) atoms. The summed E-state index contributed by atoms with van der Waals surface area (Å²) in [6, 6.07) is 5.90. The first kappa shape index (κ1) is 12.0. The van der Waals surface area contributed by atoms with Crippen molar-refractivity contribution >= 4 is 5.97 Å². The topological polar surface area (TPSA) is 49.3 Å². The minimum absolute atomic E-state index is 0.0356. The van der Waals surface area contributed by atoms with Crippen molar-refractivity contribution in [3.8, 4) is 0 Å². The second-order valence-corrected chi connectivity index (χ2v) is 4.18. The fourth-order valence-electron chi connectivity index (χ4n) is 2.18. The lowest BCUT2D eigenvalue weighted by atomic mass is 9.88. The van der Waals surface area contributed by atoms with E-state index < -0.39 is 18.3 Å². The van der Waals surface area contributed by atoms with Crippen LogP contribution in [0.4, 0.5) is 8.78 Å². The third-order valence-corrected chi connectivity index (χ3v) is 3.15. The van der Waals surface area contributed by atoms with E-state index in [9.17, 15) is 13.6 Å². The number of alkyl halides is 2. The van der Waals surface area contributed by atoms with Crippen LogP contribution in [0.3, 0.4) is 0 Å². The van der Waals surface area contributed by atoms with Crippen LogP contribution < -0.4 is 5.32 Å². The van der Waals surface area contributed by atoms with Crippen molar-refractivity contribution in [2.45, 2.75) is 12.3 Å². The molecule has 0 saturated carbocycles. The Morgan fingerprint density at radius 1 is 1.29 bits per heavy atom. The van der Waals surface area contributed by atoms with E-state index in [0.29, 0.717) is 13.1 Å². The summed E-state index contributed by atoms with van der Waals surface area (Å²) in [5.41, 5.74) is 0.762. The number of hydrogen-bond donors (Lipinski definition) is 2. The highest BCUT2D eigenvalue weighted by molar-refractivity contribution is 5.72. The highest BCUT2D eigenvalue weighted by atomic mass is 19.3. The molecule has 1 saturated heterocycles. The molecular formula is C12H13F2NO2.